The van der Waals surface area contributed by atoms with Crippen molar-refractivity contribution in [1.29, 1.82) is 0 Å². The molecular formula is C27H32ClFeN3O2S+2. The number of carbonyl (C=O) groups excluding carboxylic acids is 2. The second-order valence-electron chi connectivity index (χ2n) is 7.44. The Bertz CT molecular complexity index is 781. The summed E-state index contributed by atoms with van der Waals surface area (Å²) < 4.78 is 0. The number of amides is 2. The van der Waals surface area contributed by atoms with Crippen molar-refractivity contribution in [1.82, 2.24) is 14.7 Å². The summed E-state index contributed by atoms with van der Waals surface area (Å²) in [5.74, 6) is 1.41. The SMILES string of the molecule is C=C(Cl)[C]1[CH][CH][CH][CH]1.CCN1C(=O)C(=C/C=C(/[C]2[CH][CH][CH][CH]2)N(CC)CC)C(=O)N(CC)C1=S.[Fe+2]. The van der Waals surface area contributed by atoms with Crippen LogP contribution in [0.4, 0.5) is 0 Å². The molecular weight excluding hydrogens is 522 g/mol. The normalized spacial score (nSPS) is 19.5. The largest absolute Gasteiger partial charge is 2.00 e. The van der Waals surface area contributed by atoms with E-state index in [9.17, 15) is 9.59 Å². The summed E-state index contributed by atoms with van der Waals surface area (Å²) in [5.41, 5.74) is 1.14. The molecule has 1 heterocycles. The van der Waals surface area contributed by atoms with Gasteiger partial charge in [-0.1, -0.05) is 18.2 Å². The molecule has 10 radical (unpaired) electrons. The molecule has 0 atom stereocenters. The summed E-state index contributed by atoms with van der Waals surface area (Å²) in [6.45, 7) is 14.0. The van der Waals surface area contributed by atoms with Gasteiger partial charge in [-0.2, -0.15) is 0 Å². The van der Waals surface area contributed by atoms with Crippen molar-refractivity contribution in [3.05, 3.63) is 98.2 Å². The van der Waals surface area contributed by atoms with Gasteiger partial charge in [0.1, 0.15) is 5.57 Å². The number of likely N-dealkylation sites (N-methyl/N-ethyl adjacent to an activating group) is 2. The van der Waals surface area contributed by atoms with E-state index in [0.29, 0.717) is 18.1 Å². The van der Waals surface area contributed by atoms with E-state index in [0.717, 1.165) is 30.6 Å². The van der Waals surface area contributed by atoms with Gasteiger partial charge in [0.05, 0.1) is 0 Å². The van der Waals surface area contributed by atoms with Crippen molar-refractivity contribution >= 4 is 40.7 Å². The zero-order valence-electron chi connectivity index (χ0n) is 20.6. The predicted octanol–water partition coefficient (Wildman–Crippen LogP) is 4.68. The third-order valence-electron chi connectivity index (χ3n) is 5.49. The van der Waals surface area contributed by atoms with E-state index in [1.165, 1.54) is 9.80 Å². The van der Waals surface area contributed by atoms with Crippen LogP contribution < -0.4 is 0 Å². The van der Waals surface area contributed by atoms with E-state index in [1.54, 1.807) is 6.08 Å². The molecule has 0 bridgehead atoms. The zero-order valence-corrected chi connectivity index (χ0v) is 23.3. The van der Waals surface area contributed by atoms with E-state index >= 15 is 0 Å². The molecule has 0 N–H and O–H groups in total. The fourth-order valence-corrected chi connectivity index (χ4v) is 4.16. The average molecular weight is 554 g/mol. The molecule has 1 saturated heterocycles. The van der Waals surface area contributed by atoms with Crippen molar-refractivity contribution in [3.8, 4) is 0 Å². The number of nitrogens with zero attached hydrogens (tertiary/aromatic N) is 3. The number of hydrogen-bond donors (Lipinski definition) is 0. The van der Waals surface area contributed by atoms with Crippen molar-refractivity contribution in [2.75, 3.05) is 26.2 Å². The maximum absolute atomic E-state index is 12.7. The van der Waals surface area contributed by atoms with Crippen molar-refractivity contribution < 1.29 is 26.7 Å². The monoisotopic (exact) mass is 553 g/mol. The Labute approximate surface area is 233 Å². The van der Waals surface area contributed by atoms with Gasteiger partial charge in [-0.05, 0) is 103 Å². The van der Waals surface area contributed by atoms with E-state index < -0.39 is 0 Å². The molecule has 3 fully saturated rings. The van der Waals surface area contributed by atoms with Gasteiger partial charge in [0.25, 0.3) is 11.8 Å². The van der Waals surface area contributed by atoms with Gasteiger partial charge in [0.2, 0.25) is 0 Å². The van der Waals surface area contributed by atoms with Gasteiger partial charge < -0.3 is 4.90 Å². The molecule has 2 amide bonds. The molecule has 0 unspecified atom stereocenters. The minimum Gasteiger partial charge on any atom is -0.375 e. The Morgan fingerprint density at radius 3 is 1.69 bits per heavy atom. The second-order valence-corrected chi connectivity index (χ2v) is 8.26. The van der Waals surface area contributed by atoms with Crippen LogP contribution in [0.15, 0.2) is 35.0 Å². The molecule has 2 saturated carbocycles. The maximum atomic E-state index is 12.7. The number of rotatable bonds is 8. The number of thiocarbonyl (C=S) groups is 1. The molecule has 0 aromatic heterocycles. The molecule has 0 aromatic rings. The minimum atomic E-state index is -0.329. The number of carbonyl (C=O) groups is 2. The number of halogens is 1. The third kappa shape index (κ3) is 8.18. The van der Waals surface area contributed by atoms with E-state index in [2.05, 4.69) is 25.3 Å². The maximum Gasteiger partial charge on any atom is 2.00 e. The van der Waals surface area contributed by atoms with Crippen LogP contribution in [0.2, 0.25) is 0 Å². The Kier molecular flexibility index (Phi) is 14.4. The first-order valence-corrected chi connectivity index (χ1v) is 12.2. The molecule has 3 rings (SSSR count). The van der Waals surface area contributed by atoms with E-state index in [-0.39, 0.29) is 39.6 Å². The van der Waals surface area contributed by atoms with Gasteiger partial charge >= 0.3 is 17.1 Å². The fourth-order valence-electron chi connectivity index (χ4n) is 3.61. The summed E-state index contributed by atoms with van der Waals surface area (Å²) in [6, 6.07) is 0. The molecule has 186 valence electrons. The molecule has 1 aliphatic heterocycles. The molecule has 2 aliphatic carbocycles. The van der Waals surface area contributed by atoms with Crippen molar-refractivity contribution in [2.45, 2.75) is 27.7 Å². The van der Waals surface area contributed by atoms with Crippen LogP contribution in [-0.2, 0) is 26.7 Å². The fraction of sp³-hybridized carbons (Fsp3) is 0.296. The van der Waals surface area contributed by atoms with Crippen LogP contribution in [0.3, 0.4) is 0 Å². The smallest absolute Gasteiger partial charge is 0.375 e. The van der Waals surface area contributed by atoms with Crippen molar-refractivity contribution in [2.24, 2.45) is 0 Å². The molecule has 0 spiro atoms. The van der Waals surface area contributed by atoms with Crippen molar-refractivity contribution in [3.63, 3.8) is 0 Å². The predicted molar refractivity (Wildman–Crippen MR) is 142 cm³/mol. The average Bonchev–Trinajstić information content (AvgIpc) is 3.54. The quantitative estimate of drug-likeness (QED) is 0.189. The Balaban J connectivity index is 0.000000577. The van der Waals surface area contributed by atoms with Gasteiger partial charge in [-0.25, -0.2) is 0 Å². The van der Waals surface area contributed by atoms with E-state index in [1.807, 2.05) is 71.3 Å². The van der Waals surface area contributed by atoms with Crippen LogP contribution in [0.5, 0.6) is 0 Å². The minimum absolute atomic E-state index is 0. The molecule has 8 heteroatoms. The van der Waals surface area contributed by atoms with Crippen LogP contribution in [0.25, 0.3) is 0 Å². The van der Waals surface area contributed by atoms with Gasteiger partial charge in [0, 0.05) is 48.7 Å². The summed E-state index contributed by atoms with van der Waals surface area (Å²) >= 11 is 10.8. The number of hydrogen-bond acceptors (Lipinski definition) is 4. The van der Waals surface area contributed by atoms with Crippen LogP contribution >= 0.6 is 23.8 Å². The first-order valence-electron chi connectivity index (χ1n) is 11.4. The summed E-state index contributed by atoms with van der Waals surface area (Å²) in [5, 5.41) is 0.890. The summed E-state index contributed by atoms with van der Waals surface area (Å²) in [4.78, 5) is 30.6. The Hall–Kier alpha value is -1.14. The van der Waals surface area contributed by atoms with Crippen LogP contribution in [-0.4, -0.2) is 57.8 Å². The Morgan fingerprint density at radius 2 is 1.34 bits per heavy atom. The summed E-state index contributed by atoms with van der Waals surface area (Å²) in [7, 11) is 0. The Morgan fingerprint density at radius 1 is 0.914 bits per heavy atom. The second kappa shape index (κ2) is 15.9. The first-order chi connectivity index (χ1) is 16.3. The van der Waals surface area contributed by atoms with Gasteiger partial charge in [-0.3, -0.25) is 19.4 Å². The van der Waals surface area contributed by atoms with Gasteiger partial charge in [0.15, 0.2) is 5.11 Å². The van der Waals surface area contributed by atoms with Crippen LogP contribution in [0.1, 0.15) is 27.7 Å². The van der Waals surface area contributed by atoms with E-state index in [4.69, 9.17) is 23.8 Å². The molecule has 5 nitrogen and oxygen atoms in total. The number of allylic oxidation sites excluding steroid dienone is 4. The van der Waals surface area contributed by atoms with Crippen LogP contribution in [0, 0.1) is 63.2 Å². The molecule has 35 heavy (non-hydrogen) atoms. The molecule has 0 aromatic carbocycles. The third-order valence-corrected chi connectivity index (χ3v) is 6.15. The summed E-state index contributed by atoms with van der Waals surface area (Å²) in [6.07, 6.45) is 19.2. The first kappa shape index (κ1) is 31.9. The molecule has 3 aliphatic rings. The zero-order chi connectivity index (χ0) is 25.3. The van der Waals surface area contributed by atoms with Gasteiger partial charge in [-0.15, -0.1) is 0 Å². The standard InChI is InChI=1S/C20H26N3O2S.C7H6Cl.Fe/c1-5-21(6-2)17(15-11-9-10-12-15)14-13-16-18(24)22(7-3)20(26)23(8-4)19(16)25;1-6(8)7-4-2-3-5-7;/h9-14H,5-8H2,1-4H3;2-5H,1H2;/q;;+2/b17-14-;;. The topological polar surface area (TPSA) is 43.9 Å².